The first-order chi connectivity index (χ1) is 10.3. The molecule has 1 aliphatic heterocycles. The number of aliphatic hydroxyl groups is 1. The molecule has 0 saturated carbocycles. The fourth-order valence-corrected chi connectivity index (χ4v) is 3.53. The largest absolute Gasteiger partial charge is 0.509 e. The molecule has 1 aromatic carbocycles. The van der Waals surface area contributed by atoms with Crippen molar-refractivity contribution in [3.63, 3.8) is 0 Å². The number of benzene rings is 1. The molecule has 2 heterocycles. The van der Waals surface area contributed by atoms with Gasteiger partial charge in [0.05, 0.1) is 11.2 Å². The van der Waals surface area contributed by atoms with Crippen LogP contribution in [0, 0.1) is 6.92 Å². The summed E-state index contributed by atoms with van der Waals surface area (Å²) < 4.78 is 0. The number of hydrogen-bond acceptors (Lipinski definition) is 4. The summed E-state index contributed by atoms with van der Waals surface area (Å²) in [6, 6.07) is 7.40. The molecular weight excluding hydrogens is 320 g/mol. The number of rotatable bonds is 2. The summed E-state index contributed by atoms with van der Waals surface area (Å²) in [6.45, 7) is 5.40. The monoisotopic (exact) mass is 334 g/mol. The second-order valence-electron chi connectivity index (χ2n) is 5.74. The molecule has 0 fully saturated rings. The predicted octanol–water partition coefficient (Wildman–Crippen LogP) is 3.95. The summed E-state index contributed by atoms with van der Waals surface area (Å²) >= 11 is 7.49. The number of carbonyl (C=O) groups excluding carboxylic acids is 1. The van der Waals surface area contributed by atoms with E-state index in [9.17, 15) is 9.90 Å². The number of thiazole rings is 1. The summed E-state index contributed by atoms with van der Waals surface area (Å²) in [5.41, 5.74) is 0.913. The number of aliphatic hydroxyl groups excluding tert-OH is 1. The topological polar surface area (TPSA) is 62.2 Å². The number of nitrogens with one attached hydrogen (secondary N) is 1. The Bertz CT molecular complexity index is 808. The molecule has 114 valence electrons. The lowest BCUT2D eigenvalue weighted by Gasteiger charge is -2.17. The molecule has 6 heteroatoms. The maximum atomic E-state index is 12.2. The lowest BCUT2D eigenvalue weighted by Crippen LogP contribution is -2.38. The third kappa shape index (κ3) is 2.40. The van der Waals surface area contributed by atoms with Crippen LogP contribution in [0.5, 0.6) is 0 Å². The minimum absolute atomic E-state index is 0.0311. The lowest BCUT2D eigenvalue weighted by molar-refractivity contribution is -0.115. The zero-order valence-electron chi connectivity index (χ0n) is 12.4. The average Bonchev–Trinajstić information content (AvgIpc) is 2.89. The maximum absolute atomic E-state index is 12.2. The van der Waals surface area contributed by atoms with Crippen LogP contribution in [0.2, 0.25) is 5.02 Å². The highest BCUT2D eigenvalue weighted by Gasteiger charge is 2.40. The van der Waals surface area contributed by atoms with E-state index in [1.807, 2.05) is 25.1 Å². The highest BCUT2D eigenvalue weighted by molar-refractivity contribution is 7.15. The van der Waals surface area contributed by atoms with Crippen LogP contribution in [0.25, 0.3) is 16.1 Å². The van der Waals surface area contributed by atoms with E-state index >= 15 is 0 Å². The molecule has 0 spiro atoms. The van der Waals surface area contributed by atoms with Gasteiger partial charge in [0.15, 0.2) is 0 Å². The van der Waals surface area contributed by atoms with E-state index in [2.05, 4.69) is 10.3 Å². The number of amides is 1. The molecular formula is C16H15ClN2O2S. The zero-order chi connectivity index (χ0) is 16.1. The standard InChI is InChI=1S/C16H15ClN2O2S/c1-8-12(11-13(20)16(2,3)19-14(11)21)18-15(22-8)9-5-4-6-10(17)7-9/h4-7,20H,1-3H3,(H,19,21). The molecule has 1 aliphatic rings. The van der Waals surface area contributed by atoms with Crippen molar-refractivity contribution in [1.82, 2.24) is 10.3 Å². The minimum atomic E-state index is -0.765. The van der Waals surface area contributed by atoms with Crippen LogP contribution >= 0.6 is 22.9 Å². The Balaban J connectivity index is 2.11. The Morgan fingerprint density at radius 2 is 2.09 bits per heavy atom. The SMILES string of the molecule is Cc1sc(-c2cccc(Cl)c2)nc1C1=C(O)C(C)(C)NC1=O. The molecule has 1 amide bonds. The first-order valence-corrected chi connectivity index (χ1v) is 7.99. The van der Waals surface area contributed by atoms with Crippen LogP contribution in [-0.4, -0.2) is 21.5 Å². The maximum Gasteiger partial charge on any atom is 0.257 e. The van der Waals surface area contributed by atoms with Crippen LogP contribution in [-0.2, 0) is 4.79 Å². The number of aromatic nitrogens is 1. The normalized spacial score (nSPS) is 17.0. The Morgan fingerprint density at radius 3 is 2.68 bits per heavy atom. The molecule has 2 aromatic rings. The molecule has 0 atom stereocenters. The van der Waals surface area contributed by atoms with E-state index in [-0.39, 0.29) is 17.2 Å². The lowest BCUT2D eigenvalue weighted by atomic mass is 10.0. The van der Waals surface area contributed by atoms with Crippen molar-refractivity contribution in [1.29, 1.82) is 0 Å². The fraction of sp³-hybridized carbons (Fsp3) is 0.250. The Morgan fingerprint density at radius 1 is 1.36 bits per heavy atom. The van der Waals surface area contributed by atoms with Crippen molar-refractivity contribution in [2.45, 2.75) is 26.3 Å². The molecule has 1 aromatic heterocycles. The molecule has 22 heavy (non-hydrogen) atoms. The van der Waals surface area contributed by atoms with Crippen molar-refractivity contribution >= 4 is 34.4 Å². The Labute approximate surface area is 137 Å². The van der Waals surface area contributed by atoms with Gasteiger partial charge in [0, 0.05) is 15.5 Å². The van der Waals surface area contributed by atoms with Gasteiger partial charge in [-0.05, 0) is 32.9 Å². The van der Waals surface area contributed by atoms with Crippen molar-refractivity contribution in [3.05, 3.63) is 45.6 Å². The summed E-state index contributed by atoms with van der Waals surface area (Å²) in [5.74, 6) is -0.267. The molecule has 0 unspecified atom stereocenters. The first kappa shape index (κ1) is 15.1. The van der Waals surface area contributed by atoms with Gasteiger partial charge in [-0.1, -0.05) is 23.7 Å². The Hall–Kier alpha value is -1.85. The molecule has 3 rings (SSSR count). The van der Waals surface area contributed by atoms with Gasteiger partial charge < -0.3 is 10.4 Å². The van der Waals surface area contributed by atoms with Crippen LogP contribution in [0.4, 0.5) is 0 Å². The van der Waals surface area contributed by atoms with E-state index in [4.69, 9.17) is 11.6 Å². The van der Waals surface area contributed by atoms with Crippen molar-refractivity contribution in [2.24, 2.45) is 0 Å². The third-order valence-corrected chi connectivity index (χ3v) is 4.84. The van der Waals surface area contributed by atoms with Crippen LogP contribution < -0.4 is 5.32 Å². The Kier molecular flexibility index (Phi) is 3.50. The minimum Gasteiger partial charge on any atom is -0.509 e. The number of carbonyl (C=O) groups is 1. The molecule has 0 aliphatic carbocycles. The van der Waals surface area contributed by atoms with Crippen molar-refractivity contribution in [2.75, 3.05) is 0 Å². The molecule has 0 saturated heterocycles. The zero-order valence-corrected chi connectivity index (χ0v) is 14.0. The third-order valence-electron chi connectivity index (χ3n) is 3.59. The molecule has 4 nitrogen and oxygen atoms in total. The second-order valence-corrected chi connectivity index (χ2v) is 7.38. The van der Waals surface area contributed by atoms with Gasteiger partial charge in [0.25, 0.3) is 5.91 Å². The van der Waals surface area contributed by atoms with E-state index in [0.29, 0.717) is 10.7 Å². The van der Waals surface area contributed by atoms with Crippen molar-refractivity contribution in [3.8, 4) is 10.6 Å². The highest BCUT2D eigenvalue weighted by atomic mass is 35.5. The fourth-order valence-electron chi connectivity index (χ4n) is 2.42. The van der Waals surface area contributed by atoms with Crippen LogP contribution in [0.15, 0.2) is 30.0 Å². The summed E-state index contributed by atoms with van der Waals surface area (Å²) in [6.07, 6.45) is 0. The smallest absolute Gasteiger partial charge is 0.257 e. The number of aryl methyl sites for hydroxylation is 1. The molecule has 2 N–H and O–H groups in total. The van der Waals surface area contributed by atoms with E-state index in [1.54, 1.807) is 19.9 Å². The van der Waals surface area contributed by atoms with Gasteiger partial charge in [-0.15, -0.1) is 11.3 Å². The van der Waals surface area contributed by atoms with Crippen LogP contribution in [0.3, 0.4) is 0 Å². The molecule has 0 bridgehead atoms. The summed E-state index contributed by atoms with van der Waals surface area (Å²) in [5, 5.41) is 14.5. The second kappa shape index (κ2) is 5.11. The summed E-state index contributed by atoms with van der Waals surface area (Å²) in [4.78, 5) is 17.6. The number of halogens is 1. The quantitative estimate of drug-likeness (QED) is 0.874. The molecule has 0 radical (unpaired) electrons. The van der Waals surface area contributed by atoms with Gasteiger partial charge >= 0.3 is 0 Å². The van der Waals surface area contributed by atoms with E-state index < -0.39 is 5.54 Å². The number of nitrogens with zero attached hydrogens (tertiary/aromatic N) is 1. The van der Waals surface area contributed by atoms with Gasteiger partial charge in [-0.3, -0.25) is 4.79 Å². The highest BCUT2D eigenvalue weighted by Crippen LogP contribution is 2.37. The predicted molar refractivity (Wildman–Crippen MR) is 89.1 cm³/mol. The van der Waals surface area contributed by atoms with Gasteiger partial charge in [-0.25, -0.2) is 4.98 Å². The van der Waals surface area contributed by atoms with E-state index in [1.165, 1.54) is 11.3 Å². The summed E-state index contributed by atoms with van der Waals surface area (Å²) in [7, 11) is 0. The number of hydrogen-bond donors (Lipinski definition) is 2. The van der Waals surface area contributed by atoms with Gasteiger partial charge in [0.1, 0.15) is 16.3 Å². The van der Waals surface area contributed by atoms with E-state index in [0.717, 1.165) is 15.4 Å². The first-order valence-electron chi connectivity index (χ1n) is 6.79. The van der Waals surface area contributed by atoms with Crippen LogP contribution in [0.1, 0.15) is 24.4 Å². The van der Waals surface area contributed by atoms with Gasteiger partial charge in [0.2, 0.25) is 0 Å². The average molecular weight is 335 g/mol. The van der Waals surface area contributed by atoms with Gasteiger partial charge in [-0.2, -0.15) is 0 Å². The van der Waals surface area contributed by atoms with Crippen molar-refractivity contribution < 1.29 is 9.90 Å².